The van der Waals surface area contributed by atoms with Crippen LogP contribution in [0.3, 0.4) is 0 Å². The fourth-order valence-corrected chi connectivity index (χ4v) is 1.54. The number of alkyl halides is 3. The van der Waals surface area contributed by atoms with Gasteiger partial charge in [-0.1, -0.05) is 23.2 Å². The average molecular weight is 302 g/mol. The highest BCUT2D eigenvalue weighted by molar-refractivity contribution is 6.34. The van der Waals surface area contributed by atoms with Crippen LogP contribution in [0.2, 0.25) is 10.3 Å². The molecule has 0 aliphatic carbocycles. The maximum absolute atomic E-state index is 12.1. The minimum Gasteiger partial charge on any atom is -0.349 e. The van der Waals surface area contributed by atoms with Gasteiger partial charge in [0.15, 0.2) is 10.3 Å². The number of carbonyl (C=O) groups is 1. The van der Waals surface area contributed by atoms with Crippen molar-refractivity contribution in [2.45, 2.75) is 25.6 Å². The third-order valence-corrected chi connectivity index (χ3v) is 2.34. The van der Waals surface area contributed by atoms with E-state index in [9.17, 15) is 18.0 Å². The van der Waals surface area contributed by atoms with Crippen LogP contribution in [0.15, 0.2) is 6.07 Å². The van der Waals surface area contributed by atoms with Crippen LogP contribution in [0.1, 0.15) is 23.7 Å². The van der Waals surface area contributed by atoms with E-state index >= 15 is 0 Å². The van der Waals surface area contributed by atoms with Crippen molar-refractivity contribution in [2.75, 3.05) is 0 Å². The summed E-state index contributed by atoms with van der Waals surface area (Å²) in [4.78, 5) is 11.6. The molecule has 1 rings (SSSR count). The summed E-state index contributed by atoms with van der Waals surface area (Å²) in [7, 11) is 0. The molecule has 0 bridgehead atoms. The van der Waals surface area contributed by atoms with Crippen LogP contribution >= 0.6 is 23.2 Å². The Morgan fingerprint density at radius 3 is 2.61 bits per heavy atom. The molecule has 9 heteroatoms. The first-order valence-corrected chi connectivity index (χ1v) is 5.51. The first-order chi connectivity index (χ1) is 8.19. The quantitative estimate of drug-likeness (QED) is 0.934. The van der Waals surface area contributed by atoms with E-state index in [0.717, 1.165) is 6.07 Å². The Bertz CT molecular complexity index is 453. The molecule has 1 aromatic heterocycles. The number of nitrogens with one attached hydrogen (secondary N) is 1. The Kier molecular flexibility index (Phi) is 4.75. The molecule has 1 heterocycles. The highest BCUT2D eigenvalue weighted by Crippen LogP contribution is 2.22. The van der Waals surface area contributed by atoms with Gasteiger partial charge in [-0.15, -0.1) is 10.2 Å². The van der Waals surface area contributed by atoms with Crippen molar-refractivity contribution in [3.05, 3.63) is 21.9 Å². The molecule has 1 N–H and O–H groups in total. The molecule has 0 fully saturated rings. The van der Waals surface area contributed by atoms with Gasteiger partial charge >= 0.3 is 6.18 Å². The number of aromatic nitrogens is 2. The zero-order chi connectivity index (χ0) is 13.9. The molecule has 0 spiro atoms. The molecule has 1 atom stereocenters. The van der Waals surface area contributed by atoms with E-state index in [2.05, 4.69) is 15.5 Å². The lowest BCUT2D eigenvalue weighted by molar-refractivity contribution is -0.138. The lowest BCUT2D eigenvalue weighted by Crippen LogP contribution is -2.36. The average Bonchev–Trinajstić information content (AvgIpc) is 2.18. The highest BCUT2D eigenvalue weighted by atomic mass is 35.5. The lowest BCUT2D eigenvalue weighted by atomic mass is 10.2. The van der Waals surface area contributed by atoms with Crippen molar-refractivity contribution in [1.82, 2.24) is 15.5 Å². The minimum atomic E-state index is -4.36. The summed E-state index contributed by atoms with van der Waals surface area (Å²) in [6, 6.07) is 0.0486. The molecule has 100 valence electrons. The Labute approximate surface area is 110 Å². The van der Waals surface area contributed by atoms with Gasteiger partial charge in [-0.25, -0.2) is 0 Å². The minimum absolute atomic E-state index is 0.0759. The van der Waals surface area contributed by atoms with Crippen molar-refractivity contribution in [3.63, 3.8) is 0 Å². The van der Waals surface area contributed by atoms with Crippen LogP contribution in [0.4, 0.5) is 13.2 Å². The van der Waals surface area contributed by atoms with Gasteiger partial charge in [0.05, 0.1) is 12.0 Å². The van der Waals surface area contributed by atoms with Crippen molar-refractivity contribution in [3.8, 4) is 0 Å². The van der Waals surface area contributed by atoms with Crippen LogP contribution in [0, 0.1) is 0 Å². The summed E-state index contributed by atoms with van der Waals surface area (Å²) in [5.41, 5.74) is -0.120. The monoisotopic (exact) mass is 301 g/mol. The molecule has 1 aromatic rings. The Hall–Kier alpha value is -1.08. The third kappa shape index (κ3) is 4.66. The van der Waals surface area contributed by atoms with Gasteiger partial charge in [0.2, 0.25) is 0 Å². The van der Waals surface area contributed by atoms with Gasteiger partial charge in [-0.3, -0.25) is 4.79 Å². The normalized spacial score (nSPS) is 13.2. The molecule has 0 aliphatic rings. The van der Waals surface area contributed by atoms with Crippen molar-refractivity contribution in [2.24, 2.45) is 0 Å². The molecule has 0 aliphatic heterocycles. The van der Waals surface area contributed by atoms with Crippen LogP contribution in [0.5, 0.6) is 0 Å². The predicted octanol–water partition coefficient (Wildman–Crippen LogP) is 2.85. The Balaban J connectivity index is 2.74. The van der Waals surface area contributed by atoms with Crippen LogP contribution in [-0.4, -0.2) is 28.3 Å². The molecule has 0 radical (unpaired) electrons. The smallest absolute Gasteiger partial charge is 0.349 e. The highest BCUT2D eigenvalue weighted by Gasteiger charge is 2.31. The van der Waals surface area contributed by atoms with E-state index < -0.39 is 24.5 Å². The predicted molar refractivity (Wildman–Crippen MR) is 59.7 cm³/mol. The van der Waals surface area contributed by atoms with Gasteiger partial charge in [0.25, 0.3) is 5.91 Å². The van der Waals surface area contributed by atoms with E-state index in [0.29, 0.717) is 0 Å². The van der Waals surface area contributed by atoms with Gasteiger partial charge in [0.1, 0.15) is 0 Å². The van der Waals surface area contributed by atoms with Gasteiger partial charge < -0.3 is 5.32 Å². The molecule has 4 nitrogen and oxygen atoms in total. The number of halogens is 5. The van der Waals surface area contributed by atoms with Gasteiger partial charge in [0, 0.05) is 6.04 Å². The Morgan fingerprint density at radius 1 is 1.44 bits per heavy atom. The lowest BCUT2D eigenvalue weighted by Gasteiger charge is -2.15. The summed E-state index contributed by atoms with van der Waals surface area (Å²) < 4.78 is 36.2. The van der Waals surface area contributed by atoms with Gasteiger partial charge in [-0.05, 0) is 13.0 Å². The second kappa shape index (κ2) is 5.71. The van der Waals surface area contributed by atoms with E-state index in [4.69, 9.17) is 23.2 Å². The van der Waals surface area contributed by atoms with Crippen LogP contribution in [0.25, 0.3) is 0 Å². The van der Waals surface area contributed by atoms with Crippen molar-refractivity contribution >= 4 is 29.1 Å². The molecular weight excluding hydrogens is 294 g/mol. The van der Waals surface area contributed by atoms with Crippen LogP contribution < -0.4 is 5.32 Å². The number of nitrogens with zero attached hydrogens (tertiary/aromatic N) is 2. The molecule has 0 aromatic carbocycles. The first kappa shape index (κ1) is 15.0. The van der Waals surface area contributed by atoms with E-state index in [-0.39, 0.29) is 15.9 Å². The molecule has 1 unspecified atom stereocenters. The fraction of sp³-hybridized carbons (Fsp3) is 0.444. The topological polar surface area (TPSA) is 54.9 Å². The number of hydrogen-bond acceptors (Lipinski definition) is 3. The van der Waals surface area contributed by atoms with Crippen molar-refractivity contribution in [1.29, 1.82) is 0 Å². The number of carbonyl (C=O) groups excluding carboxylic acids is 1. The number of rotatable bonds is 3. The number of amides is 1. The zero-order valence-electron chi connectivity index (χ0n) is 9.05. The van der Waals surface area contributed by atoms with Gasteiger partial charge in [-0.2, -0.15) is 13.2 Å². The standard InChI is InChI=1S/C9H8Cl2F3N3O/c1-4(3-9(12,13)14)15-8(18)5-2-6(10)16-17-7(5)11/h2,4H,3H2,1H3,(H,15,18). The molecule has 0 saturated heterocycles. The Morgan fingerprint density at radius 2 is 2.06 bits per heavy atom. The fourth-order valence-electron chi connectivity index (χ4n) is 1.21. The van der Waals surface area contributed by atoms with E-state index in [1.165, 1.54) is 6.92 Å². The summed E-state index contributed by atoms with van der Waals surface area (Å²) in [6.45, 7) is 1.23. The number of hydrogen-bond donors (Lipinski definition) is 1. The molecule has 0 saturated carbocycles. The SMILES string of the molecule is CC(CC(F)(F)F)NC(=O)c1cc(Cl)nnc1Cl. The third-order valence-electron chi connectivity index (χ3n) is 1.88. The summed E-state index contributed by atoms with van der Waals surface area (Å²) in [6.07, 6.45) is -5.49. The zero-order valence-corrected chi connectivity index (χ0v) is 10.6. The second-order valence-electron chi connectivity index (χ2n) is 3.57. The summed E-state index contributed by atoms with van der Waals surface area (Å²) in [5.74, 6) is -0.784. The summed E-state index contributed by atoms with van der Waals surface area (Å²) in [5, 5.41) is 8.62. The largest absolute Gasteiger partial charge is 0.391 e. The molecule has 1 amide bonds. The maximum Gasteiger partial charge on any atom is 0.391 e. The van der Waals surface area contributed by atoms with E-state index in [1.807, 2.05) is 0 Å². The molecular formula is C9H8Cl2F3N3O. The van der Waals surface area contributed by atoms with E-state index in [1.54, 1.807) is 0 Å². The first-order valence-electron chi connectivity index (χ1n) is 4.75. The maximum atomic E-state index is 12.1. The molecule has 18 heavy (non-hydrogen) atoms. The van der Waals surface area contributed by atoms with Crippen molar-refractivity contribution < 1.29 is 18.0 Å². The summed E-state index contributed by atoms with van der Waals surface area (Å²) >= 11 is 11.1. The second-order valence-corrected chi connectivity index (χ2v) is 4.31. The van der Waals surface area contributed by atoms with Crippen LogP contribution in [-0.2, 0) is 0 Å².